The topological polar surface area (TPSA) is 62.2 Å². The number of amides is 1. The summed E-state index contributed by atoms with van der Waals surface area (Å²) in [6, 6.07) is 22.8. The van der Waals surface area contributed by atoms with Crippen molar-refractivity contribution in [3.63, 3.8) is 0 Å². The van der Waals surface area contributed by atoms with E-state index in [1.54, 1.807) is 19.2 Å². The summed E-state index contributed by atoms with van der Waals surface area (Å²) in [6.07, 6.45) is 0.334. The number of nitrogens with zero attached hydrogens (tertiary/aromatic N) is 2. The second kappa shape index (κ2) is 12.6. The Kier molecular flexibility index (Phi) is 8.71. The minimum atomic E-state index is -0.378. The highest BCUT2D eigenvalue weighted by atomic mass is 35.5. The van der Waals surface area contributed by atoms with Gasteiger partial charge in [-0.15, -0.1) is 0 Å². The molecular formula is C31H33ClN2O5. The Bertz CT molecular complexity index is 1400. The Labute approximate surface area is 233 Å². The third kappa shape index (κ3) is 5.91. The minimum absolute atomic E-state index is 0.331. The van der Waals surface area contributed by atoms with E-state index in [2.05, 4.69) is 17.6 Å². The lowest BCUT2D eigenvalue weighted by Gasteiger charge is -2.36. The molecule has 1 aliphatic heterocycles. The van der Waals surface area contributed by atoms with Crippen LogP contribution in [-0.2, 0) is 22.4 Å². The molecule has 1 aliphatic rings. The number of hydrogen-bond donors (Lipinski definition) is 0. The van der Waals surface area contributed by atoms with Crippen molar-refractivity contribution >= 4 is 28.6 Å². The number of fused-ring (bicyclic) bond motifs is 3. The maximum Gasteiger partial charge on any atom is 0.416 e. The van der Waals surface area contributed by atoms with Gasteiger partial charge >= 0.3 is 6.09 Å². The quantitative estimate of drug-likeness (QED) is 0.212. The van der Waals surface area contributed by atoms with Crippen LogP contribution in [0, 0.1) is 0 Å². The van der Waals surface area contributed by atoms with Crippen molar-refractivity contribution in [1.82, 2.24) is 9.47 Å². The molecule has 0 fully saturated rings. The summed E-state index contributed by atoms with van der Waals surface area (Å²) >= 11 is 6.41. The molecule has 0 bridgehead atoms. The summed E-state index contributed by atoms with van der Waals surface area (Å²) in [4.78, 5) is 15.4. The minimum Gasteiger partial charge on any atom is -0.491 e. The van der Waals surface area contributed by atoms with Crippen LogP contribution in [-0.4, -0.2) is 55.6 Å². The van der Waals surface area contributed by atoms with Crippen LogP contribution in [0.1, 0.15) is 29.8 Å². The van der Waals surface area contributed by atoms with Crippen LogP contribution >= 0.6 is 11.6 Å². The van der Waals surface area contributed by atoms with Crippen molar-refractivity contribution in [1.29, 1.82) is 0 Å². The number of benzene rings is 3. The Morgan fingerprint density at radius 1 is 0.949 bits per heavy atom. The zero-order valence-electron chi connectivity index (χ0n) is 22.3. The Balaban J connectivity index is 1.47. The van der Waals surface area contributed by atoms with Crippen molar-refractivity contribution in [3.05, 3.63) is 94.6 Å². The second-order valence-electron chi connectivity index (χ2n) is 9.32. The van der Waals surface area contributed by atoms with Crippen LogP contribution in [0.3, 0.4) is 0 Å². The van der Waals surface area contributed by atoms with E-state index in [0.717, 1.165) is 34.5 Å². The van der Waals surface area contributed by atoms with Gasteiger partial charge in [0, 0.05) is 41.8 Å². The summed E-state index contributed by atoms with van der Waals surface area (Å²) in [5.74, 6) is 1.26. The van der Waals surface area contributed by atoms with Crippen LogP contribution < -0.4 is 9.47 Å². The molecule has 0 N–H and O–H groups in total. The predicted octanol–water partition coefficient (Wildman–Crippen LogP) is 6.50. The lowest BCUT2D eigenvalue weighted by atomic mass is 9.92. The molecule has 0 spiro atoms. The van der Waals surface area contributed by atoms with Gasteiger partial charge in [0.1, 0.15) is 24.1 Å². The van der Waals surface area contributed by atoms with Crippen molar-refractivity contribution < 1.29 is 23.7 Å². The molecule has 0 saturated heterocycles. The van der Waals surface area contributed by atoms with E-state index < -0.39 is 0 Å². The van der Waals surface area contributed by atoms with E-state index in [9.17, 15) is 4.79 Å². The number of ether oxygens (including phenoxy) is 4. The zero-order valence-corrected chi connectivity index (χ0v) is 23.0. The van der Waals surface area contributed by atoms with E-state index >= 15 is 0 Å². The van der Waals surface area contributed by atoms with Gasteiger partial charge in [-0.1, -0.05) is 41.9 Å². The fourth-order valence-electron chi connectivity index (χ4n) is 5.23. The molecule has 0 saturated carbocycles. The molecule has 1 unspecified atom stereocenters. The van der Waals surface area contributed by atoms with E-state index in [0.29, 0.717) is 50.2 Å². The zero-order chi connectivity index (χ0) is 27.2. The van der Waals surface area contributed by atoms with Gasteiger partial charge in [-0.05, 0) is 66.9 Å². The number of hydrogen-bond acceptors (Lipinski definition) is 5. The number of carbonyl (C=O) groups is 1. The van der Waals surface area contributed by atoms with Crippen molar-refractivity contribution in [2.45, 2.75) is 25.9 Å². The molecule has 39 heavy (non-hydrogen) atoms. The number of aromatic nitrogens is 1. The standard InChI is InChI=1S/C31H33ClN2O5/c1-3-33-28-14-11-23(32)21-27(28)26-15-16-34(31(35)39-25-7-5-4-6-8-25)29(30(26)33)22-9-12-24(13-10-22)38-20-19-37-18-17-36-2/h4-14,21,29H,3,15-20H2,1-2H3. The van der Waals surface area contributed by atoms with Crippen LogP contribution in [0.5, 0.6) is 11.5 Å². The first-order valence-electron chi connectivity index (χ1n) is 13.2. The first-order valence-corrected chi connectivity index (χ1v) is 13.6. The fraction of sp³-hybridized carbons (Fsp3) is 0.323. The van der Waals surface area contributed by atoms with Gasteiger partial charge in [0.15, 0.2) is 0 Å². The monoisotopic (exact) mass is 548 g/mol. The third-order valence-electron chi connectivity index (χ3n) is 6.97. The lowest BCUT2D eigenvalue weighted by Crippen LogP contribution is -2.42. The van der Waals surface area contributed by atoms with Gasteiger partial charge in [-0.25, -0.2) is 4.79 Å². The van der Waals surface area contributed by atoms with Crippen molar-refractivity contribution in [2.24, 2.45) is 0 Å². The molecule has 1 amide bonds. The molecule has 3 aromatic carbocycles. The normalized spacial score (nSPS) is 14.8. The number of methoxy groups -OCH3 is 1. The Morgan fingerprint density at radius 3 is 2.46 bits per heavy atom. The summed E-state index contributed by atoms with van der Waals surface area (Å²) < 4.78 is 24.4. The third-order valence-corrected chi connectivity index (χ3v) is 7.21. The van der Waals surface area contributed by atoms with Crippen molar-refractivity contribution in [3.8, 4) is 11.5 Å². The number of rotatable bonds is 10. The van der Waals surface area contributed by atoms with Gasteiger partial charge in [0.05, 0.1) is 19.8 Å². The molecule has 1 atom stereocenters. The Morgan fingerprint density at radius 2 is 1.72 bits per heavy atom. The highest BCUT2D eigenvalue weighted by molar-refractivity contribution is 6.31. The average Bonchev–Trinajstić information content (AvgIpc) is 3.28. The van der Waals surface area contributed by atoms with Gasteiger partial charge < -0.3 is 23.5 Å². The van der Waals surface area contributed by atoms with Gasteiger partial charge in [-0.3, -0.25) is 4.90 Å². The molecule has 1 aromatic heterocycles. The number of para-hydroxylation sites is 1. The van der Waals surface area contributed by atoms with Crippen molar-refractivity contribution in [2.75, 3.05) is 40.1 Å². The van der Waals surface area contributed by atoms with E-state index in [-0.39, 0.29) is 12.1 Å². The van der Waals surface area contributed by atoms with Crippen LogP contribution in [0.4, 0.5) is 4.79 Å². The number of carbonyl (C=O) groups excluding carboxylic acids is 1. The van der Waals surface area contributed by atoms with Gasteiger partial charge in [0.25, 0.3) is 0 Å². The van der Waals surface area contributed by atoms with Crippen LogP contribution in [0.2, 0.25) is 5.02 Å². The molecule has 7 nitrogen and oxygen atoms in total. The van der Waals surface area contributed by atoms with E-state index in [1.807, 2.05) is 59.5 Å². The SMILES string of the molecule is CCn1c2c(c3cc(Cl)ccc31)CCN(C(=O)Oc1ccccc1)C2c1ccc(OCCOCCOC)cc1. The van der Waals surface area contributed by atoms with E-state index in [1.165, 1.54) is 5.56 Å². The second-order valence-corrected chi connectivity index (χ2v) is 9.76. The van der Waals surface area contributed by atoms with Gasteiger partial charge in [0.2, 0.25) is 0 Å². The molecular weight excluding hydrogens is 516 g/mol. The van der Waals surface area contributed by atoms with Crippen LogP contribution in [0.15, 0.2) is 72.8 Å². The average molecular weight is 549 g/mol. The predicted molar refractivity (Wildman–Crippen MR) is 152 cm³/mol. The molecule has 8 heteroatoms. The number of aryl methyl sites for hydroxylation is 1. The first-order chi connectivity index (χ1) is 19.1. The lowest BCUT2D eigenvalue weighted by molar-refractivity contribution is 0.0544. The molecule has 2 heterocycles. The molecule has 5 rings (SSSR count). The summed E-state index contributed by atoms with van der Waals surface area (Å²) in [6.45, 7) is 5.42. The highest BCUT2D eigenvalue weighted by Gasteiger charge is 2.37. The Hall–Kier alpha value is -3.52. The molecule has 4 aromatic rings. The maximum atomic E-state index is 13.6. The molecule has 0 aliphatic carbocycles. The summed E-state index contributed by atoms with van der Waals surface area (Å²) in [5.41, 5.74) is 4.40. The summed E-state index contributed by atoms with van der Waals surface area (Å²) in [7, 11) is 1.65. The summed E-state index contributed by atoms with van der Waals surface area (Å²) in [5, 5.41) is 1.84. The smallest absolute Gasteiger partial charge is 0.416 e. The molecule has 0 radical (unpaired) electrons. The van der Waals surface area contributed by atoms with E-state index in [4.69, 9.17) is 30.5 Å². The fourth-order valence-corrected chi connectivity index (χ4v) is 5.40. The largest absolute Gasteiger partial charge is 0.491 e. The first kappa shape index (κ1) is 27.1. The maximum absolute atomic E-state index is 13.6. The highest BCUT2D eigenvalue weighted by Crippen LogP contribution is 2.42. The number of halogens is 1. The molecule has 204 valence electrons. The van der Waals surface area contributed by atoms with Crippen LogP contribution in [0.25, 0.3) is 10.9 Å². The van der Waals surface area contributed by atoms with Gasteiger partial charge in [-0.2, -0.15) is 0 Å².